The molecule has 2 atom stereocenters. The fourth-order valence-electron chi connectivity index (χ4n) is 2.81. The molecule has 0 spiro atoms. The maximum absolute atomic E-state index is 12.5. The van der Waals surface area contributed by atoms with E-state index in [9.17, 15) is 4.79 Å². The molecular formula is C16H24N2O. The summed E-state index contributed by atoms with van der Waals surface area (Å²) < 4.78 is 0. The van der Waals surface area contributed by atoms with Crippen LogP contribution in [0.25, 0.3) is 0 Å². The lowest BCUT2D eigenvalue weighted by molar-refractivity contribution is -0.135. The fourth-order valence-corrected chi connectivity index (χ4v) is 2.81. The van der Waals surface area contributed by atoms with Crippen LogP contribution in [0, 0.1) is 0 Å². The number of likely N-dealkylation sites (tertiary alicyclic amines) is 1. The Kier molecular flexibility index (Phi) is 4.83. The summed E-state index contributed by atoms with van der Waals surface area (Å²) in [7, 11) is 0. The molecule has 1 N–H and O–H groups in total. The molecular weight excluding hydrogens is 236 g/mol. The standard InChI is InChI=1S/C16H24N2O/c1-3-15-11-7-8-12-18(15)16(19)13(2)17-14-9-5-4-6-10-14/h4-6,9-10,13,15,17H,3,7-8,11-12H2,1-2H3. The normalized spacial score (nSPS) is 20.9. The highest BCUT2D eigenvalue weighted by molar-refractivity contribution is 5.84. The molecule has 1 aromatic carbocycles. The summed E-state index contributed by atoms with van der Waals surface area (Å²) in [5, 5.41) is 3.29. The lowest BCUT2D eigenvalue weighted by Gasteiger charge is -2.37. The predicted molar refractivity (Wildman–Crippen MR) is 79.2 cm³/mol. The van der Waals surface area contributed by atoms with Gasteiger partial charge in [-0.1, -0.05) is 25.1 Å². The van der Waals surface area contributed by atoms with Gasteiger partial charge in [0.1, 0.15) is 6.04 Å². The van der Waals surface area contributed by atoms with E-state index in [0.29, 0.717) is 6.04 Å². The molecule has 0 radical (unpaired) electrons. The van der Waals surface area contributed by atoms with Crippen molar-refractivity contribution < 1.29 is 4.79 Å². The topological polar surface area (TPSA) is 32.3 Å². The Bertz CT molecular complexity index is 404. The smallest absolute Gasteiger partial charge is 0.245 e. The van der Waals surface area contributed by atoms with E-state index in [0.717, 1.165) is 31.5 Å². The van der Waals surface area contributed by atoms with E-state index in [1.807, 2.05) is 37.3 Å². The first kappa shape index (κ1) is 13.9. The van der Waals surface area contributed by atoms with Crippen LogP contribution in [0.2, 0.25) is 0 Å². The van der Waals surface area contributed by atoms with Crippen molar-refractivity contribution in [2.75, 3.05) is 11.9 Å². The van der Waals surface area contributed by atoms with Gasteiger partial charge in [-0.05, 0) is 44.7 Å². The molecule has 0 saturated carbocycles. The van der Waals surface area contributed by atoms with E-state index in [1.54, 1.807) is 0 Å². The van der Waals surface area contributed by atoms with Gasteiger partial charge in [0.2, 0.25) is 5.91 Å². The van der Waals surface area contributed by atoms with Gasteiger partial charge >= 0.3 is 0 Å². The first-order valence-corrected chi connectivity index (χ1v) is 7.34. The van der Waals surface area contributed by atoms with E-state index in [-0.39, 0.29) is 11.9 Å². The van der Waals surface area contributed by atoms with Crippen molar-refractivity contribution in [1.29, 1.82) is 0 Å². The average molecular weight is 260 g/mol. The molecule has 0 aromatic heterocycles. The summed E-state index contributed by atoms with van der Waals surface area (Å²) in [6, 6.07) is 10.2. The molecule has 1 saturated heterocycles. The van der Waals surface area contributed by atoms with Gasteiger partial charge in [0, 0.05) is 18.3 Å². The van der Waals surface area contributed by atoms with Crippen molar-refractivity contribution in [1.82, 2.24) is 4.90 Å². The van der Waals surface area contributed by atoms with Gasteiger partial charge in [0.05, 0.1) is 0 Å². The van der Waals surface area contributed by atoms with Crippen LogP contribution in [0.15, 0.2) is 30.3 Å². The number of hydrogen-bond donors (Lipinski definition) is 1. The van der Waals surface area contributed by atoms with E-state index in [1.165, 1.54) is 6.42 Å². The summed E-state index contributed by atoms with van der Waals surface area (Å²) in [5.74, 6) is 0.232. The van der Waals surface area contributed by atoms with Crippen LogP contribution in [0.4, 0.5) is 5.69 Å². The van der Waals surface area contributed by atoms with Crippen molar-refractivity contribution >= 4 is 11.6 Å². The molecule has 0 bridgehead atoms. The molecule has 1 amide bonds. The van der Waals surface area contributed by atoms with Crippen LogP contribution >= 0.6 is 0 Å². The number of hydrogen-bond acceptors (Lipinski definition) is 2. The van der Waals surface area contributed by atoms with Crippen LogP contribution in [0.3, 0.4) is 0 Å². The second kappa shape index (κ2) is 6.60. The summed E-state index contributed by atoms with van der Waals surface area (Å²) in [5.41, 5.74) is 1.01. The van der Waals surface area contributed by atoms with Crippen LogP contribution in [-0.2, 0) is 4.79 Å². The zero-order valence-corrected chi connectivity index (χ0v) is 11.9. The first-order chi connectivity index (χ1) is 9.22. The first-order valence-electron chi connectivity index (χ1n) is 7.34. The van der Waals surface area contributed by atoms with Crippen LogP contribution in [0.1, 0.15) is 39.5 Å². The number of carbonyl (C=O) groups excluding carboxylic acids is 1. The van der Waals surface area contributed by atoms with Gasteiger partial charge < -0.3 is 10.2 Å². The third kappa shape index (κ3) is 3.49. The molecule has 1 aliphatic rings. The molecule has 0 aliphatic carbocycles. The highest BCUT2D eigenvalue weighted by atomic mass is 16.2. The third-order valence-corrected chi connectivity index (χ3v) is 3.91. The molecule has 3 nitrogen and oxygen atoms in total. The Balaban J connectivity index is 1.98. The molecule has 3 heteroatoms. The summed E-state index contributed by atoms with van der Waals surface area (Å²) >= 11 is 0. The van der Waals surface area contributed by atoms with Gasteiger partial charge in [-0.2, -0.15) is 0 Å². The molecule has 1 fully saturated rings. The zero-order valence-electron chi connectivity index (χ0n) is 11.9. The van der Waals surface area contributed by atoms with E-state index in [2.05, 4.69) is 17.1 Å². The minimum atomic E-state index is -0.158. The largest absolute Gasteiger partial charge is 0.374 e. The van der Waals surface area contributed by atoms with Gasteiger partial charge in [0.25, 0.3) is 0 Å². The number of amides is 1. The van der Waals surface area contributed by atoms with Gasteiger partial charge in [-0.25, -0.2) is 0 Å². The predicted octanol–water partition coefficient (Wildman–Crippen LogP) is 3.28. The number of nitrogens with one attached hydrogen (secondary N) is 1. The highest BCUT2D eigenvalue weighted by Gasteiger charge is 2.28. The zero-order chi connectivity index (χ0) is 13.7. The van der Waals surface area contributed by atoms with Gasteiger partial charge in [0.15, 0.2) is 0 Å². The van der Waals surface area contributed by atoms with Crippen molar-refractivity contribution in [2.45, 2.75) is 51.6 Å². The third-order valence-electron chi connectivity index (χ3n) is 3.91. The number of para-hydroxylation sites is 1. The average Bonchev–Trinajstić information content (AvgIpc) is 2.47. The highest BCUT2D eigenvalue weighted by Crippen LogP contribution is 2.21. The molecule has 1 heterocycles. The summed E-state index contributed by atoms with van der Waals surface area (Å²) in [4.78, 5) is 14.6. The maximum Gasteiger partial charge on any atom is 0.245 e. The SMILES string of the molecule is CCC1CCCCN1C(=O)C(C)Nc1ccccc1. The van der Waals surface area contributed by atoms with Crippen molar-refractivity contribution in [2.24, 2.45) is 0 Å². The van der Waals surface area contributed by atoms with E-state index >= 15 is 0 Å². The molecule has 2 unspecified atom stereocenters. The van der Waals surface area contributed by atoms with Gasteiger partial charge in [-0.15, -0.1) is 0 Å². The minimum Gasteiger partial charge on any atom is -0.374 e. The Labute approximate surface area is 116 Å². The Morgan fingerprint density at radius 3 is 2.79 bits per heavy atom. The summed E-state index contributed by atoms with van der Waals surface area (Å²) in [6.07, 6.45) is 4.60. The van der Waals surface area contributed by atoms with Crippen LogP contribution in [0.5, 0.6) is 0 Å². The number of benzene rings is 1. The second-order valence-corrected chi connectivity index (χ2v) is 5.32. The van der Waals surface area contributed by atoms with Crippen LogP contribution in [-0.4, -0.2) is 29.4 Å². The molecule has 2 rings (SSSR count). The van der Waals surface area contributed by atoms with E-state index < -0.39 is 0 Å². The Hall–Kier alpha value is -1.51. The Morgan fingerprint density at radius 2 is 2.11 bits per heavy atom. The van der Waals surface area contributed by atoms with Gasteiger partial charge in [-0.3, -0.25) is 4.79 Å². The molecule has 1 aromatic rings. The lowest BCUT2D eigenvalue weighted by Crippen LogP contribution is -2.49. The van der Waals surface area contributed by atoms with Crippen molar-refractivity contribution in [3.8, 4) is 0 Å². The second-order valence-electron chi connectivity index (χ2n) is 5.32. The quantitative estimate of drug-likeness (QED) is 0.901. The lowest BCUT2D eigenvalue weighted by atomic mass is 9.99. The van der Waals surface area contributed by atoms with Crippen molar-refractivity contribution in [3.05, 3.63) is 30.3 Å². The number of piperidine rings is 1. The van der Waals surface area contributed by atoms with E-state index in [4.69, 9.17) is 0 Å². The maximum atomic E-state index is 12.5. The van der Waals surface area contributed by atoms with Crippen molar-refractivity contribution in [3.63, 3.8) is 0 Å². The minimum absolute atomic E-state index is 0.158. The number of anilines is 1. The molecule has 104 valence electrons. The van der Waals surface area contributed by atoms with Crippen LogP contribution < -0.4 is 5.32 Å². The number of rotatable bonds is 4. The number of nitrogens with zero attached hydrogens (tertiary/aromatic N) is 1. The summed E-state index contributed by atoms with van der Waals surface area (Å²) in [6.45, 7) is 5.04. The Morgan fingerprint density at radius 1 is 1.37 bits per heavy atom. The molecule has 1 aliphatic heterocycles. The number of carbonyl (C=O) groups is 1. The fraction of sp³-hybridized carbons (Fsp3) is 0.562. The monoisotopic (exact) mass is 260 g/mol. The molecule has 19 heavy (non-hydrogen) atoms.